The molecule has 1 aliphatic heterocycles. The van der Waals surface area contributed by atoms with Crippen LogP contribution in [0.4, 0.5) is 0 Å². The molecule has 0 spiro atoms. The predicted octanol–water partition coefficient (Wildman–Crippen LogP) is 3.00. The van der Waals surface area contributed by atoms with Gasteiger partial charge in [0.25, 0.3) is 5.91 Å². The first kappa shape index (κ1) is 15.2. The Kier molecular flexibility index (Phi) is 4.27. The number of nitrogens with zero attached hydrogens (tertiary/aromatic N) is 2. The second kappa shape index (κ2) is 6.18. The number of aromatic nitrogens is 1. The average Bonchev–Trinajstić information content (AvgIpc) is 3.03. The predicted molar refractivity (Wildman–Crippen MR) is 87.2 cm³/mol. The van der Waals surface area contributed by atoms with Crippen LogP contribution in [0.25, 0.3) is 0 Å². The van der Waals surface area contributed by atoms with Crippen molar-refractivity contribution >= 4 is 17.2 Å². The smallest absolute Gasteiger partial charge is 0.265 e. The molecule has 0 radical (unpaired) electrons. The van der Waals surface area contributed by atoms with Crippen LogP contribution in [0.15, 0.2) is 30.5 Å². The van der Waals surface area contributed by atoms with Crippen molar-refractivity contribution in [1.29, 1.82) is 0 Å². The van der Waals surface area contributed by atoms with E-state index in [0.29, 0.717) is 23.9 Å². The molecule has 1 aliphatic rings. The standard InChI is InChI=1S/C17H20N2O2S/c1-11(2)16-18-7-15(22-16)17(21)19-8-12-5-3-4-6-14(12)13(9-19)10-20/h3-7,11,13,20H,8-10H2,1-2H3. The van der Waals surface area contributed by atoms with Gasteiger partial charge in [-0.25, -0.2) is 4.98 Å². The second-order valence-electron chi connectivity index (χ2n) is 5.98. The molecule has 1 atom stereocenters. The summed E-state index contributed by atoms with van der Waals surface area (Å²) < 4.78 is 0. The first-order chi connectivity index (χ1) is 10.6. The third kappa shape index (κ3) is 2.78. The van der Waals surface area contributed by atoms with Gasteiger partial charge in [-0.3, -0.25) is 4.79 Å². The van der Waals surface area contributed by atoms with Crippen LogP contribution < -0.4 is 0 Å². The van der Waals surface area contributed by atoms with E-state index in [-0.39, 0.29) is 18.4 Å². The van der Waals surface area contributed by atoms with Crippen molar-refractivity contribution in [3.63, 3.8) is 0 Å². The Morgan fingerprint density at radius 2 is 2.23 bits per heavy atom. The van der Waals surface area contributed by atoms with E-state index in [2.05, 4.69) is 18.8 Å². The minimum atomic E-state index is -0.00797. The lowest BCUT2D eigenvalue weighted by Crippen LogP contribution is -2.39. The fourth-order valence-corrected chi connectivity index (χ4v) is 3.72. The largest absolute Gasteiger partial charge is 0.396 e. The maximum absolute atomic E-state index is 12.7. The number of hydrogen-bond donors (Lipinski definition) is 1. The van der Waals surface area contributed by atoms with E-state index in [1.807, 2.05) is 29.2 Å². The van der Waals surface area contributed by atoms with Gasteiger partial charge in [-0.2, -0.15) is 0 Å². The summed E-state index contributed by atoms with van der Waals surface area (Å²) in [4.78, 5) is 19.6. The average molecular weight is 316 g/mol. The monoisotopic (exact) mass is 316 g/mol. The highest BCUT2D eigenvalue weighted by molar-refractivity contribution is 7.13. The van der Waals surface area contributed by atoms with E-state index in [0.717, 1.165) is 16.1 Å². The number of rotatable bonds is 3. The van der Waals surface area contributed by atoms with Gasteiger partial charge in [0.15, 0.2) is 0 Å². The van der Waals surface area contributed by atoms with Crippen molar-refractivity contribution in [2.45, 2.75) is 32.2 Å². The molecule has 2 aromatic rings. The Labute approximate surface area is 134 Å². The van der Waals surface area contributed by atoms with E-state index in [4.69, 9.17) is 0 Å². The van der Waals surface area contributed by atoms with Crippen LogP contribution in [-0.2, 0) is 6.54 Å². The molecule has 1 unspecified atom stereocenters. The summed E-state index contributed by atoms with van der Waals surface area (Å²) >= 11 is 1.47. The van der Waals surface area contributed by atoms with Crippen molar-refractivity contribution in [2.75, 3.05) is 13.2 Å². The highest BCUT2D eigenvalue weighted by Crippen LogP contribution is 2.30. The molecule has 0 saturated heterocycles. The third-order valence-electron chi connectivity index (χ3n) is 4.03. The zero-order chi connectivity index (χ0) is 15.7. The molecule has 3 rings (SSSR count). The molecule has 22 heavy (non-hydrogen) atoms. The first-order valence-electron chi connectivity index (χ1n) is 7.53. The Morgan fingerprint density at radius 3 is 2.91 bits per heavy atom. The van der Waals surface area contributed by atoms with E-state index in [1.54, 1.807) is 6.20 Å². The van der Waals surface area contributed by atoms with Crippen LogP contribution in [-0.4, -0.2) is 34.0 Å². The number of aliphatic hydroxyl groups is 1. The van der Waals surface area contributed by atoms with Crippen LogP contribution in [0.2, 0.25) is 0 Å². The molecule has 2 heterocycles. The second-order valence-corrected chi connectivity index (χ2v) is 7.04. The van der Waals surface area contributed by atoms with Crippen LogP contribution in [0.5, 0.6) is 0 Å². The Balaban J connectivity index is 1.85. The molecular formula is C17H20N2O2S. The number of amides is 1. The van der Waals surface area contributed by atoms with Gasteiger partial charge in [-0.05, 0) is 11.1 Å². The number of fused-ring (bicyclic) bond motifs is 1. The van der Waals surface area contributed by atoms with E-state index < -0.39 is 0 Å². The summed E-state index contributed by atoms with van der Waals surface area (Å²) in [6.45, 7) is 5.36. The lowest BCUT2D eigenvalue weighted by molar-refractivity contribution is 0.0703. The molecule has 4 nitrogen and oxygen atoms in total. The number of aliphatic hydroxyl groups excluding tert-OH is 1. The SMILES string of the molecule is CC(C)c1ncc(C(=O)N2Cc3ccccc3C(CO)C2)s1. The van der Waals surface area contributed by atoms with Crippen molar-refractivity contribution in [1.82, 2.24) is 9.88 Å². The summed E-state index contributed by atoms with van der Waals surface area (Å²) in [5.41, 5.74) is 2.27. The van der Waals surface area contributed by atoms with E-state index in [9.17, 15) is 9.90 Å². The van der Waals surface area contributed by atoms with Crippen molar-refractivity contribution in [3.8, 4) is 0 Å². The Bertz CT molecular complexity index is 681. The third-order valence-corrected chi connectivity index (χ3v) is 5.32. The lowest BCUT2D eigenvalue weighted by Gasteiger charge is -2.33. The summed E-state index contributed by atoms with van der Waals surface area (Å²) in [7, 11) is 0. The number of carbonyl (C=O) groups is 1. The molecule has 0 bridgehead atoms. The van der Waals surface area contributed by atoms with Gasteiger partial charge in [0.05, 0.1) is 17.8 Å². The fraction of sp³-hybridized carbons (Fsp3) is 0.412. The van der Waals surface area contributed by atoms with Gasteiger partial charge < -0.3 is 10.0 Å². The summed E-state index contributed by atoms with van der Waals surface area (Å²) in [5, 5.41) is 10.6. The Hall–Kier alpha value is -1.72. The van der Waals surface area contributed by atoms with Crippen molar-refractivity contribution < 1.29 is 9.90 Å². The molecule has 0 aliphatic carbocycles. The highest BCUT2D eigenvalue weighted by atomic mass is 32.1. The normalized spacial score (nSPS) is 17.6. The summed E-state index contributed by atoms with van der Waals surface area (Å²) in [6.07, 6.45) is 1.68. The summed E-state index contributed by atoms with van der Waals surface area (Å²) in [5.74, 6) is 0.336. The number of thiazole rings is 1. The minimum Gasteiger partial charge on any atom is -0.396 e. The maximum atomic E-state index is 12.7. The molecular weight excluding hydrogens is 296 g/mol. The molecule has 1 amide bonds. The van der Waals surface area contributed by atoms with Gasteiger partial charge in [0.2, 0.25) is 0 Å². The zero-order valence-electron chi connectivity index (χ0n) is 12.8. The van der Waals surface area contributed by atoms with E-state index >= 15 is 0 Å². The first-order valence-corrected chi connectivity index (χ1v) is 8.35. The number of benzene rings is 1. The van der Waals surface area contributed by atoms with Gasteiger partial charge >= 0.3 is 0 Å². The zero-order valence-corrected chi connectivity index (χ0v) is 13.6. The van der Waals surface area contributed by atoms with Gasteiger partial charge in [0.1, 0.15) is 4.88 Å². The van der Waals surface area contributed by atoms with Crippen LogP contribution >= 0.6 is 11.3 Å². The van der Waals surface area contributed by atoms with Gasteiger partial charge in [0, 0.05) is 24.9 Å². The van der Waals surface area contributed by atoms with Crippen LogP contribution in [0.3, 0.4) is 0 Å². The lowest BCUT2D eigenvalue weighted by atomic mass is 9.90. The number of carbonyl (C=O) groups excluding carboxylic acids is 1. The van der Waals surface area contributed by atoms with E-state index in [1.165, 1.54) is 11.3 Å². The minimum absolute atomic E-state index is 0.00797. The molecule has 1 aromatic carbocycles. The van der Waals surface area contributed by atoms with Crippen LogP contribution in [0.1, 0.15) is 51.5 Å². The summed E-state index contributed by atoms with van der Waals surface area (Å²) in [6, 6.07) is 8.03. The molecule has 5 heteroatoms. The maximum Gasteiger partial charge on any atom is 0.265 e. The van der Waals surface area contributed by atoms with Gasteiger partial charge in [-0.1, -0.05) is 38.1 Å². The molecule has 116 valence electrons. The van der Waals surface area contributed by atoms with Crippen molar-refractivity contribution in [3.05, 3.63) is 51.5 Å². The van der Waals surface area contributed by atoms with Crippen LogP contribution in [0, 0.1) is 0 Å². The molecule has 1 N–H and O–H groups in total. The molecule has 1 aromatic heterocycles. The molecule has 0 saturated carbocycles. The quantitative estimate of drug-likeness (QED) is 0.947. The molecule has 0 fully saturated rings. The topological polar surface area (TPSA) is 53.4 Å². The number of hydrogen-bond acceptors (Lipinski definition) is 4. The highest BCUT2D eigenvalue weighted by Gasteiger charge is 2.29. The Morgan fingerprint density at radius 1 is 1.45 bits per heavy atom. The van der Waals surface area contributed by atoms with Gasteiger partial charge in [-0.15, -0.1) is 11.3 Å². The fourth-order valence-electron chi connectivity index (χ4n) is 2.83. The van der Waals surface area contributed by atoms with Crippen molar-refractivity contribution in [2.24, 2.45) is 0 Å².